The molecule has 2 heterocycles. The Kier molecular flexibility index (Phi) is 3.60. The van der Waals surface area contributed by atoms with Crippen LogP contribution < -0.4 is 16.6 Å². The van der Waals surface area contributed by atoms with Crippen LogP contribution in [-0.4, -0.2) is 20.4 Å². The largest absolute Gasteiger partial charge is 0.328 e. The molecule has 0 bridgehead atoms. The van der Waals surface area contributed by atoms with Crippen molar-refractivity contribution in [2.45, 2.75) is 13.5 Å². The topological polar surface area (TPSA) is 96.8 Å². The second kappa shape index (κ2) is 5.57. The number of benzene rings is 1. The highest BCUT2D eigenvalue weighted by Crippen LogP contribution is 2.26. The third-order valence-electron chi connectivity index (χ3n) is 3.00. The van der Waals surface area contributed by atoms with Crippen molar-refractivity contribution in [3.05, 3.63) is 56.9 Å². The second-order valence-electron chi connectivity index (χ2n) is 4.78. The molecule has 3 aromatic rings. The molecule has 0 radical (unpaired) electrons. The molecule has 0 aliphatic carbocycles. The van der Waals surface area contributed by atoms with Crippen LogP contribution in [0.3, 0.4) is 0 Å². The summed E-state index contributed by atoms with van der Waals surface area (Å²) in [6, 6.07) is 7.03. The molecule has 0 fully saturated rings. The van der Waals surface area contributed by atoms with Crippen LogP contribution in [-0.2, 0) is 11.3 Å². The Hall–Kier alpha value is -2.74. The van der Waals surface area contributed by atoms with Crippen molar-refractivity contribution in [2.75, 3.05) is 5.32 Å². The molecule has 7 nitrogen and oxygen atoms in total. The molecule has 8 heteroatoms. The standard InChI is InChI=1S/C14H12N4O3S/c1-8-2-3-9-10(6-8)22-13(15-9)16-12(20)7-18-5-4-11(19)17-14(18)21/h2-6H,7H2,1H3,(H,15,16,20)(H,17,19,21). The summed E-state index contributed by atoms with van der Waals surface area (Å²) in [5, 5.41) is 3.13. The minimum atomic E-state index is -0.623. The summed E-state index contributed by atoms with van der Waals surface area (Å²) in [5.41, 5.74) is 0.812. The number of nitrogens with zero attached hydrogens (tertiary/aromatic N) is 2. The Morgan fingerprint density at radius 1 is 1.36 bits per heavy atom. The third-order valence-corrected chi connectivity index (χ3v) is 3.93. The molecule has 1 aromatic carbocycles. The SMILES string of the molecule is Cc1ccc2nc(NC(=O)Cn3ccc(=O)[nH]c3=O)sc2c1. The van der Waals surface area contributed by atoms with Gasteiger partial charge in [-0.3, -0.25) is 19.1 Å². The average molecular weight is 316 g/mol. The fraction of sp³-hybridized carbons (Fsp3) is 0.143. The van der Waals surface area contributed by atoms with Gasteiger partial charge < -0.3 is 5.32 Å². The lowest BCUT2D eigenvalue weighted by Gasteiger charge is -2.03. The van der Waals surface area contributed by atoms with Crippen molar-refractivity contribution < 1.29 is 4.79 Å². The first kappa shape index (κ1) is 14.2. The Morgan fingerprint density at radius 2 is 2.18 bits per heavy atom. The summed E-state index contributed by atoms with van der Waals surface area (Å²) in [5.74, 6) is -0.384. The minimum absolute atomic E-state index is 0.190. The van der Waals surface area contributed by atoms with Crippen LogP contribution in [0.25, 0.3) is 10.2 Å². The van der Waals surface area contributed by atoms with Gasteiger partial charge in [0.05, 0.1) is 10.2 Å². The van der Waals surface area contributed by atoms with Crippen LogP contribution in [0.5, 0.6) is 0 Å². The number of hydrogen-bond acceptors (Lipinski definition) is 5. The van der Waals surface area contributed by atoms with Gasteiger partial charge in [0.1, 0.15) is 6.54 Å². The highest BCUT2D eigenvalue weighted by molar-refractivity contribution is 7.22. The molecule has 3 rings (SSSR count). The zero-order valence-electron chi connectivity index (χ0n) is 11.6. The van der Waals surface area contributed by atoms with Crippen LogP contribution in [0, 0.1) is 6.92 Å². The summed E-state index contributed by atoms with van der Waals surface area (Å²) >= 11 is 1.37. The fourth-order valence-corrected chi connectivity index (χ4v) is 2.95. The van der Waals surface area contributed by atoms with E-state index in [1.165, 1.54) is 23.6 Å². The maximum Gasteiger partial charge on any atom is 0.328 e. The third kappa shape index (κ3) is 2.96. The van der Waals surface area contributed by atoms with E-state index in [1.54, 1.807) is 0 Å². The van der Waals surface area contributed by atoms with Gasteiger partial charge in [0.15, 0.2) is 5.13 Å². The molecule has 2 N–H and O–H groups in total. The summed E-state index contributed by atoms with van der Waals surface area (Å²) < 4.78 is 2.10. The number of aromatic nitrogens is 3. The van der Waals surface area contributed by atoms with Gasteiger partial charge in [-0.25, -0.2) is 9.78 Å². The van der Waals surface area contributed by atoms with E-state index < -0.39 is 11.2 Å². The van der Waals surface area contributed by atoms with E-state index in [-0.39, 0.29) is 12.5 Å². The second-order valence-corrected chi connectivity index (χ2v) is 5.81. The molecule has 1 amide bonds. The molecule has 0 aliphatic heterocycles. The smallest absolute Gasteiger partial charge is 0.300 e. The number of aromatic amines is 1. The van der Waals surface area contributed by atoms with Crippen LogP contribution in [0.1, 0.15) is 5.56 Å². The molecular formula is C14H12N4O3S. The zero-order valence-corrected chi connectivity index (χ0v) is 12.4. The number of hydrogen-bond donors (Lipinski definition) is 2. The number of nitrogens with one attached hydrogen (secondary N) is 2. The normalized spacial score (nSPS) is 10.8. The van der Waals surface area contributed by atoms with Crippen LogP contribution in [0.15, 0.2) is 40.1 Å². The minimum Gasteiger partial charge on any atom is -0.300 e. The Bertz CT molecular complexity index is 970. The lowest BCUT2D eigenvalue weighted by atomic mass is 10.2. The number of carbonyl (C=O) groups is 1. The number of rotatable bonds is 3. The van der Waals surface area contributed by atoms with E-state index in [0.29, 0.717) is 5.13 Å². The van der Waals surface area contributed by atoms with Gasteiger partial charge in [-0.15, -0.1) is 0 Å². The molecule has 0 atom stereocenters. The van der Waals surface area contributed by atoms with Gasteiger partial charge >= 0.3 is 5.69 Å². The number of carbonyl (C=O) groups excluding carboxylic acids is 1. The van der Waals surface area contributed by atoms with E-state index in [9.17, 15) is 14.4 Å². The first-order valence-electron chi connectivity index (χ1n) is 6.48. The van der Waals surface area contributed by atoms with Gasteiger partial charge in [-0.1, -0.05) is 17.4 Å². The Morgan fingerprint density at radius 3 is 2.95 bits per heavy atom. The maximum absolute atomic E-state index is 12.0. The Labute approximate surface area is 128 Å². The predicted octanol–water partition coefficient (Wildman–Crippen LogP) is 1.09. The predicted molar refractivity (Wildman–Crippen MR) is 84.3 cm³/mol. The van der Waals surface area contributed by atoms with Crippen LogP contribution in [0.2, 0.25) is 0 Å². The monoisotopic (exact) mass is 316 g/mol. The van der Waals surface area contributed by atoms with Gasteiger partial charge in [0.25, 0.3) is 5.56 Å². The summed E-state index contributed by atoms with van der Waals surface area (Å²) in [4.78, 5) is 40.9. The number of aryl methyl sites for hydroxylation is 1. The molecule has 22 heavy (non-hydrogen) atoms. The molecule has 0 saturated heterocycles. The summed E-state index contributed by atoms with van der Waals surface area (Å²) in [6.07, 6.45) is 1.28. The fourth-order valence-electron chi connectivity index (χ4n) is 1.97. The van der Waals surface area contributed by atoms with Crippen molar-refractivity contribution >= 4 is 32.6 Å². The van der Waals surface area contributed by atoms with Crippen LogP contribution >= 0.6 is 11.3 Å². The van der Waals surface area contributed by atoms with E-state index in [1.807, 2.05) is 25.1 Å². The molecule has 112 valence electrons. The lowest BCUT2D eigenvalue weighted by Crippen LogP contribution is -2.32. The van der Waals surface area contributed by atoms with Crippen molar-refractivity contribution in [1.82, 2.24) is 14.5 Å². The first-order valence-corrected chi connectivity index (χ1v) is 7.30. The molecule has 0 aliphatic rings. The zero-order chi connectivity index (χ0) is 15.7. The summed E-state index contributed by atoms with van der Waals surface area (Å²) in [7, 11) is 0. The van der Waals surface area contributed by atoms with Gasteiger partial charge in [-0.05, 0) is 24.6 Å². The number of fused-ring (bicyclic) bond motifs is 1. The van der Waals surface area contributed by atoms with E-state index >= 15 is 0 Å². The first-order chi connectivity index (χ1) is 10.5. The van der Waals surface area contributed by atoms with Crippen LogP contribution in [0.4, 0.5) is 5.13 Å². The van der Waals surface area contributed by atoms with Crippen molar-refractivity contribution in [3.8, 4) is 0 Å². The van der Waals surface area contributed by atoms with E-state index in [0.717, 1.165) is 20.3 Å². The molecular weight excluding hydrogens is 304 g/mol. The molecule has 0 saturated carbocycles. The van der Waals surface area contributed by atoms with E-state index in [2.05, 4.69) is 15.3 Å². The van der Waals surface area contributed by atoms with Gasteiger partial charge in [0.2, 0.25) is 5.91 Å². The maximum atomic E-state index is 12.0. The average Bonchev–Trinajstić information content (AvgIpc) is 2.83. The number of anilines is 1. The number of amides is 1. The molecule has 2 aromatic heterocycles. The van der Waals surface area contributed by atoms with Gasteiger partial charge in [-0.2, -0.15) is 0 Å². The highest BCUT2D eigenvalue weighted by atomic mass is 32.1. The summed E-state index contributed by atoms with van der Waals surface area (Å²) in [6.45, 7) is 1.80. The lowest BCUT2D eigenvalue weighted by molar-refractivity contribution is -0.116. The van der Waals surface area contributed by atoms with Crippen molar-refractivity contribution in [1.29, 1.82) is 0 Å². The quantitative estimate of drug-likeness (QED) is 0.756. The number of thiazole rings is 1. The molecule has 0 unspecified atom stereocenters. The Balaban J connectivity index is 1.78. The van der Waals surface area contributed by atoms with Gasteiger partial charge in [0, 0.05) is 12.3 Å². The van der Waals surface area contributed by atoms with Crippen molar-refractivity contribution in [2.24, 2.45) is 0 Å². The molecule has 0 spiro atoms. The van der Waals surface area contributed by atoms with Crippen molar-refractivity contribution in [3.63, 3.8) is 0 Å². The number of H-pyrrole nitrogens is 1. The highest BCUT2D eigenvalue weighted by Gasteiger charge is 2.09. The van der Waals surface area contributed by atoms with E-state index in [4.69, 9.17) is 0 Å².